The van der Waals surface area contributed by atoms with E-state index in [9.17, 15) is 14.9 Å². The maximum atomic E-state index is 12.4. The number of non-ortho nitro benzene ring substituents is 1. The number of carbonyl (C=O) groups is 1. The molecule has 0 fully saturated rings. The van der Waals surface area contributed by atoms with Crippen LogP contribution in [0.5, 0.6) is 23.0 Å². The summed E-state index contributed by atoms with van der Waals surface area (Å²) in [5.41, 5.74) is -0.0819. The minimum Gasteiger partial charge on any atom is -0.493 e. The minimum atomic E-state index is -0.741. The number of halogens is 1. The Morgan fingerprint density at radius 3 is 2.04 bits per heavy atom. The Labute approximate surface area is 148 Å². The van der Waals surface area contributed by atoms with Crippen molar-refractivity contribution < 1.29 is 28.7 Å². The maximum Gasteiger partial charge on any atom is 0.343 e. The van der Waals surface area contributed by atoms with E-state index >= 15 is 0 Å². The predicted molar refractivity (Wildman–Crippen MR) is 89.2 cm³/mol. The number of ether oxygens (including phenoxy) is 4. The highest BCUT2D eigenvalue weighted by molar-refractivity contribution is 6.32. The number of nitrogens with zero attached hydrogens (tertiary/aromatic N) is 1. The smallest absolute Gasteiger partial charge is 0.343 e. The third-order valence-electron chi connectivity index (χ3n) is 3.23. The Bertz CT molecular complexity index is 797. The number of rotatable bonds is 6. The summed E-state index contributed by atoms with van der Waals surface area (Å²) in [5.74, 6) is 0.142. The first-order valence-corrected chi connectivity index (χ1v) is 7.25. The van der Waals surface area contributed by atoms with Crippen LogP contribution in [0.25, 0.3) is 0 Å². The van der Waals surface area contributed by atoms with Crippen LogP contribution >= 0.6 is 11.6 Å². The number of nitro benzene ring substituents is 1. The van der Waals surface area contributed by atoms with Crippen molar-refractivity contribution >= 4 is 23.3 Å². The van der Waals surface area contributed by atoms with Gasteiger partial charge in [0.25, 0.3) is 5.69 Å². The zero-order valence-corrected chi connectivity index (χ0v) is 14.3. The lowest BCUT2D eigenvalue weighted by atomic mass is 10.2. The summed E-state index contributed by atoms with van der Waals surface area (Å²) in [6.07, 6.45) is 0. The van der Waals surface area contributed by atoms with Gasteiger partial charge in [0.2, 0.25) is 5.75 Å². The fourth-order valence-electron chi connectivity index (χ4n) is 2.04. The van der Waals surface area contributed by atoms with Crippen LogP contribution in [-0.4, -0.2) is 32.2 Å². The molecular weight excluding hydrogens is 354 g/mol. The maximum absolute atomic E-state index is 12.4. The molecule has 0 spiro atoms. The number of methoxy groups -OCH3 is 3. The van der Waals surface area contributed by atoms with Gasteiger partial charge >= 0.3 is 5.97 Å². The molecule has 8 nitrogen and oxygen atoms in total. The summed E-state index contributed by atoms with van der Waals surface area (Å²) >= 11 is 5.92. The second-order valence-electron chi connectivity index (χ2n) is 4.68. The molecule has 2 aromatic carbocycles. The van der Waals surface area contributed by atoms with E-state index in [1.165, 1.54) is 45.6 Å². The van der Waals surface area contributed by atoms with Crippen molar-refractivity contribution in [1.29, 1.82) is 0 Å². The fraction of sp³-hybridized carbons (Fsp3) is 0.188. The van der Waals surface area contributed by atoms with E-state index < -0.39 is 10.9 Å². The quantitative estimate of drug-likeness (QED) is 0.333. The fourth-order valence-corrected chi connectivity index (χ4v) is 2.26. The van der Waals surface area contributed by atoms with Crippen molar-refractivity contribution in [3.05, 3.63) is 51.0 Å². The van der Waals surface area contributed by atoms with Crippen LogP contribution in [0.4, 0.5) is 5.69 Å². The van der Waals surface area contributed by atoms with Crippen molar-refractivity contribution in [3.8, 4) is 23.0 Å². The molecule has 0 atom stereocenters. The van der Waals surface area contributed by atoms with Crippen LogP contribution < -0.4 is 18.9 Å². The normalized spacial score (nSPS) is 10.1. The molecule has 0 unspecified atom stereocenters. The zero-order valence-electron chi connectivity index (χ0n) is 13.6. The van der Waals surface area contributed by atoms with Gasteiger partial charge in [-0.05, 0) is 18.2 Å². The molecule has 25 heavy (non-hydrogen) atoms. The molecule has 0 aliphatic heterocycles. The third kappa shape index (κ3) is 3.92. The molecule has 0 N–H and O–H groups in total. The van der Waals surface area contributed by atoms with Crippen LogP contribution in [0.15, 0.2) is 30.3 Å². The lowest BCUT2D eigenvalue weighted by Crippen LogP contribution is -2.10. The average Bonchev–Trinajstić information content (AvgIpc) is 2.61. The SMILES string of the molecule is COc1cc(C(=O)Oc2ccc([N+](=O)[O-])cc2Cl)cc(OC)c1OC. The van der Waals surface area contributed by atoms with Gasteiger partial charge < -0.3 is 18.9 Å². The van der Waals surface area contributed by atoms with Gasteiger partial charge in [0.05, 0.1) is 36.8 Å². The van der Waals surface area contributed by atoms with E-state index in [1.54, 1.807) is 0 Å². The average molecular weight is 368 g/mol. The highest BCUT2D eigenvalue weighted by atomic mass is 35.5. The van der Waals surface area contributed by atoms with Crippen molar-refractivity contribution in [2.45, 2.75) is 0 Å². The molecule has 0 radical (unpaired) electrons. The molecule has 0 aromatic heterocycles. The van der Waals surface area contributed by atoms with Gasteiger partial charge in [-0.1, -0.05) is 11.6 Å². The van der Waals surface area contributed by atoms with Crippen LogP contribution in [0, 0.1) is 10.1 Å². The van der Waals surface area contributed by atoms with Gasteiger partial charge in [-0.15, -0.1) is 0 Å². The van der Waals surface area contributed by atoms with E-state index in [0.29, 0.717) is 5.75 Å². The van der Waals surface area contributed by atoms with Crippen molar-refractivity contribution in [2.75, 3.05) is 21.3 Å². The predicted octanol–water partition coefficient (Wildman–Crippen LogP) is 3.49. The van der Waals surface area contributed by atoms with Crippen LogP contribution in [0.2, 0.25) is 5.02 Å². The molecule has 132 valence electrons. The van der Waals surface area contributed by atoms with Crippen LogP contribution in [0.1, 0.15) is 10.4 Å². The first-order valence-electron chi connectivity index (χ1n) is 6.87. The second kappa shape index (κ2) is 7.71. The van der Waals surface area contributed by atoms with Gasteiger partial charge in [0.1, 0.15) is 5.75 Å². The molecule has 0 amide bonds. The standard InChI is InChI=1S/C16H14ClNO7/c1-22-13-6-9(7-14(23-2)15(13)24-3)16(19)25-12-5-4-10(18(20)21)8-11(12)17/h4-8H,1-3H3. The highest BCUT2D eigenvalue weighted by Gasteiger charge is 2.20. The summed E-state index contributed by atoms with van der Waals surface area (Å²) in [5, 5.41) is 10.6. The number of nitro groups is 1. The lowest BCUT2D eigenvalue weighted by Gasteiger charge is -2.14. The Morgan fingerprint density at radius 2 is 1.60 bits per heavy atom. The summed E-state index contributed by atoms with van der Waals surface area (Å²) in [6, 6.07) is 6.37. The number of hydrogen-bond acceptors (Lipinski definition) is 7. The molecule has 0 saturated carbocycles. The van der Waals surface area contributed by atoms with Crippen molar-refractivity contribution in [2.24, 2.45) is 0 Å². The van der Waals surface area contributed by atoms with Crippen molar-refractivity contribution in [3.63, 3.8) is 0 Å². The van der Waals surface area contributed by atoms with Gasteiger partial charge in [-0.25, -0.2) is 4.79 Å². The Balaban J connectivity index is 2.34. The van der Waals surface area contributed by atoms with Gasteiger partial charge in [0.15, 0.2) is 11.5 Å². The minimum absolute atomic E-state index is 0.00832. The topological polar surface area (TPSA) is 97.1 Å². The van der Waals surface area contributed by atoms with Gasteiger partial charge in [-0.3, -0.25) is 10.1 Å². The van der Waals surface area contributed by atoms with E-state index in [0.717, 1.165) is 6.07 Å². The van der Waals surface area contributed by atoms with Gasteiger partial charge in [0, 0.05) is 12.1 Å². The summed E-state index contributed by atoms with van der Waals surface area (Å²) < 4.78 is 20.7. The first-order chi connectivity index (χ1) is 11.9. The second-order valence-corrected chi connectivity index (χ2v) is 5.08. The van der Waals surface area contributed by atoms with Crippen LogP contribution in [0.3, 0.4) is 0 Å². The largest absolute Gasteiger partial charge is 0.493 e. The summed E-state index contributed by atoms with van der Waals surface area (Å²) in [6.45, 7) is 0. The highest BCUT2D eigenvalue weighted by Crippen LogP contribution is 2.38. The molecule has 0 aliphatic rings. The Kier molecular flexibility index (Phi) is 5.66. The lowest BCUT2D eigenvalue weighted by molar-refractivity contribution is -0.384. The molecule has 2 rings (SSSR count). The number of hydrogen-bond donors (Lipinski definition) is 0. The molecule has 0 saturated heterocycles. The van der Waals surface area contributed by atoms with E-state index in [4.69, 9.17) is 30.5 Å². The van der Waals surface area contributed by atoms with Crippen molar-refractivity contribution in [1.82, 2.24) is 0 Å². The number of carbonyl (C=O) groups excluding carboxylic acids is 1. The number of benzene rings is 2. The monoisotopic (exact) mass is 367 g/mol. The molecule has 2 aromatic rings. The Morgan fingerprint density at radius 1 is 1.00 bits per heavy atom. The molecule has 9 heteroatoms. The molecule has 0 heterocycles. The van der Waals surface area contributed by atoms with Crippen LogP contribution in [-0.2, 0) is 0 Å². The molecule has 0 aliphatic carbocycles. The number of esters is 1. The zero-order chi connectivity index (χ0) is 18.6. The molecule has 0 bridgehead atoms. The Hall–Kier alpha value is -3.00. The first kappa shape index (κ1) is 18.3. The third-order valence-corrected chi connectivity index (χ3v) is 3.52. The van der Waals surface area contributed by atoms with Gasteiger partial charge in [-0.2, -0.15) is 0 Å². The van der Waals surface area contributed by atoms with E-state index in [-0.39, 0.29) is 33.5 Å². The summed E-state index contributed by atoms with van der Waals surface area (Å²) in [7, 11) is 4.27. The molecular formula is C16H14ClNO7. The summed E-state index contributed by atoms with van der Waals surface area (Å²) in [4.78, 5) is 22.5. The van der Waals surface area contributed by atoms with E-state index in [1.807, 2.05) is 0 Å². The van der Waals surface area contributed by atoms with E-state index in [2.05, 4.69) is 0 Å².